The average molecular weight is 330 g/mol. The molecular formula is C10H19O6PS2. The Hall–Kier alpha value is 0.150. The van der Waals surface area contributed by atoms with Gasteiger partial charge in [-0.05, 0) is 0 Å². The molecule has 0 fully saturated rings. The summed E-state index contributed by atoms with van der Waals surface area (Å²) in [6.45, 7) is 3.35. The smallest absolute Gasteiger partial charge is 0.303 e. The van der Waals surface area contributed by atoms with E-state index in [-0.39, 0.29) is 22.1 Å². The number of carbonyl (C=O) groups excluding carboxylic acids is 2. The topological polar surface area (TPSA) is 89.9 Å². The number of thioether (sulfide) groups is 2. The molecule has 0 aliphatic heterocycles. The van der Waals surface area contributed by atoms with Crippen LogP contribution in [0.3, 0.4) is 0 Å². The van der Waals surface area contributed by atoms with E-state index in [1.54, 1.807) is 13.8 Å². The molecule has 0 bridgehead atoms. The van der Waals surface area contributed by atoms with Gasteiger partial charge in [-0.25, -0.2) is 4.57 Å². The molecule has 0 radical (unpaired) electrons. The van der Waals surface area contributed by atoms with Crippen LogP contribution in [-0.2, 0) is 23.2 Å². The molecule has 112 valence electrons. The Morgan fingerprint density at radius 2 is 1.84 bits per heavy atom. The average Bonchev–Trinajstić information content (AvgIpc) is 2.41. The molecule has 0 saturated heterocycles. The molecule has 0 aliphatic rings. The van der Waals surface area contributed by atoms with E-state index in [1.807, 2.05) is 0 Å². The zero-order valence-electron chi connectivity index (χ0n) is 11.2. The summed E-state index contributed by atoms with van der Waals surface area (Å²) in [7, 11) is -2.99. The summed E-state index contributed by atoms with van der Waals surface area (Å²) < 4.78 is 20.2. The summed E-state index contributed by atoms with van der Waals surface area (Å²) in [6.07, 6.45) is 0.760. The van der Waals surface area contributed by atoms with Crippen LogP contribution in [0.25, 0.3) is 0 Å². The summed E-state index contributed by atoms with van der Waals surface area (Å²) in [5.41, 5.74) is 0. The number of phosphoric acid groups is 1. The molecule has 0 aliphatic carbocycles. The Morgan fingerprint density at radius 3 is 2.32 bits per heavy atom. The predicted molar refractivity (Wildman–Crippen MR) is 77.2 cm³/mol. The van der Waals surface area contributed by atoms with Gasteiger partial charge in [0.1, 0.15) is 0 Å². The van der Waals surface area contributed by atoms with E-state index in [1.165, 1.54) is 0 Å². The lowest BCUT2D eigenvalue weighted by molar-refractivity contribution is -0.111. The minimum Gasteiger partial charge on any atom is -0.303 e. The normalized spacial score (nSPS) is 15.8. The zero-order valence-corrected chi connectivity index (χ0v) is 13.7. The highest BCUT2D eigenvalue weighted by Gasteiger charge is 2.23. The highest BCUT2D eigenvalue weighted by atomic mass is 32.2. The number of carbonyl (C=O) groups is 2. The molecule has 0 spiro atoms. The molecule has 19 heavy (non-hydrogen) atoms. The second-order valence-corrected chi connectivity index (χ2v) is 7.44. The second kappa shape index (κ2) is 9.96. The van der Waals surface area contributed by atoms with Crippen molar-refractivity contribution in [3.63, 3.8) is 0 Å². The summed E-state index contributed by atoms with van der Waals surface area (Å²) in [5.74, 6) is 0.354. The van der Waals surface area contributed by atoms with Gasteiger partial charge in [0.25, 0.3) is 0 Å². The van der Waals surface area contributed by atoms with Gasteiger partial charge in [-0.15, -0.1) is 0 Å². The molecule has 0 aromatic heterocycles. The van der Waals surface area contributed by atoms with Crippen LogP contribution in [0.5, 0.6) is 0 Å². The van der Waals surface area contributed by atoms with E-state index in [2.05, 4.69) is 4.52 Å². The van der Waals surface area contributed by atoms with Crippen molar-refractivity contribution in [2.24, 2.45) is 0 Å². The van der Waals surface area contributed by atoms with Crippen molar-refractivity contribution in [3.05, 3.63) is 0 Å². The van der Waals surface area contributed by atoms with Gasteiger partial charge in [0.2, 0.25) is 0 Å². The molecule has 0 amide bonds. The van der Waals surface area contributed by atoms with Crippen LogP contribution in [-0.4, -0.2) is 39.8 Å². The van der Waals surface area contributed by atoms with E-state index in [0.717, 1.165) is 30.6 Å². The minimum atomic E-state index is -4.05. The molecule has 0 rings (SSSR count). The zero-order chi connectivity index (χ0) is 14.9. The van der Waals surface area contributed by atoms with Crippen molar-refractivity contribution < 1.29 is 28.1 Å². The third-order valence-corrected chi connectivity index (χ3v) is 5.48. The van der Waals surface area contributed by atoms with E-state index >= 15 is 0 Å². The Kier molecular flexibility index (Phi) is 10.0. The van der Waals surface area contributed by atoms with Gasteiger partial charge in [-0.3, -0.25) is 18.6 Å². The Bertz CT molecular complexity index is 349. The van der Waals surface area contributed by atoms with Crippen molar-refractivity contribution in [2.45, 2.75) is 31.9 Å². The molecule has 0 saturated carbocycles. The van der Waals surface area contributed by atoms with Gasteiger partial charge >= 0.3 is 7.82 Å². The lowest BCUT2D eigenvalue weighted by Crippen LogP contribution is -2.17. The van der Waals surface area contributed by atoms with Crippen molar-refractivity contribution in [1.29, 1.82) is 0 Å². The first-order chi connectivity index (χ1) is 8.84. The summed E-state index contributed by atoms with van der Waals surface area (Å²) in [4.78, 5) is 31.7. The minimum absolute atomic E-state index is 0.00784. The quantitative estimate of drug-likeness (QED) is 0.645. The van der Waals surface area contributed by atoms with Crippen molar-refractivity contribution in [1.82, 2.24) is 0 Å². The van der Waals surface area contributed by atoms with Gasteiger partial charge in [0.05, 0.1) is 6.61 Å². The summed E-state index contributed by atoms with van der Waals surface area (Å²) in [5, 5.41) is -0.402. The Morgan fingerprint density at radius 1 is 1.26 bits per heavy atom. The molecule has 0 heterocycles. The maximum absolute atomic E-state index is 11.4. The maximum atomic E-state index is 11.4. The number of rotatable bonds is 9. The fourth-order valence-electron chi connectivity index (χ4n) is 0.903. The highest BCUT2D eigenvalue weighted by molar-refractivity contribution is 8.17. The second-order valence-electron chi connectivity index (χ2n) is 3.45. The fourth-order valence-corrected chi connectivity index (χ4v) is 3.30. The number of hydrogen-bond acceptors (Lipinski definition) is 7. The van der Waals surface area contributed by atoms with Crippen molar-refractivity contribution in [2.75, 3.05) is 19.5 Å². The van der Waals surface area contributed by atoms with Crippen LogP contribution in [0.15, 0.2) is 0 Å². The molecule has 1 unspecified atom stereocenters. The van der Waals surface area contributed by atoms with Gasteiger partial charge in [-0.2, -0.15) is 0 Å². The predicted octanol–water partition coefficient (Wildman–Crippen LogP) is 2.46. The summed E-state index contributed by atoms with van der Waals surface area (Å²) >= 11 is 2.11. The first-order valence-corrected chi connectivity index (χ1v) is 9.08. The van der Waals surface area contributed by atoms with Crippen LogP contribution in [0.1, 0.15) is 26.7 Å². The molecule has 1 N–H and O–H groups in total. The van der Waals surface area contributed by atoms with Crippen LogP contribution in [0.2, 0.25) is 0 Å². The van der Waals surface area contributed by atoms with Crippen LogP contribution in [0, 0.1) is 0 Å². The first-order valence-electron chi connectivity index (χ1n) is 5.72. The standard InChI is InChI=1S/C10H19O6PS2/c1-4-9(11)18-7-8(19-10(12)5-2)6-16-17(13,14)15-3/h8H,4-7H2,1-3H3,(H,13,14)/t8-/m0/s1. The van der Waals surface area contributed by atoms with Crippen molar-refractivity contribution in [3.8, 4) is 0 Å². The molecule has 6 nitrogen and oxygen atoms in total. The molecular weight excluding hydrogens is 311 g/mol. The van der Waals surface area contributed by atoms with Crippen LogP contribution < -0.4 is 0 Å². The van der Waals surface area contributed by atoms with Crippen molar-refractivity contribution >= 4 is 41.6 Å². The molecule has 0 aromatic carbocycles. The lowest BCUT2D eigenvalue weighted by atomic mass is 10.5. The van der Waals surface area contributed by atoms with E-state index in [4.69, 9.17) is 9.42 Å². The van der Waals surface area contributed by atoms with Crippen LogP contribution in [0.4, 0.5) is 0 Å². The lowest BCUT2D eigenvalue weighted by Gasteiger charge is -2.16. The third kappa shape index (κ3) is 9.65. The SMILES string of the molecule is CCC(=O)SC[C@H](COP(=O)(O)OC)SC(=O)CC. The first kappa shape index (κ1) is 19.1. The van der Waals surface area contributed by atoms with Gasteiger partial charge in [0, 0.05) is 31.0 Å². The van der Waals surface area contributed by atoms with E-state index in [0.29, 0.717) is 18.6 Å². The molecule has 9 heteroatoms. The third-order valence-electron chi connectivity index (χ3n) is 1.96. The number of hydrogen-bond donors (Lipinski definition) is 1. The highest BCUT2D eigenvalue weighted by Crippen LogP contribution is 2.42. The Labute approximate surface area is 121 Å². The van der Waals surface area contributed by atoms with Gasteiger partial charge in [0.15, 0.2) is 10.2 Å². The molecule has 2 atom stereocenters. The van der Waals surface area contributed by atoms with E-state index < -0.39 is 7.82 Å². The fraction of sp³-hybridized carbons (Fsp3) is 0.800. The van der Waals surface area contributed by atoms with Gasteiger partial charge in [-0.1, -0.05) is 37.4 Å². The largest absolute Gasteiger partial charge is 0.471 e. The van der Waals surface area contributed by atoms with Gasteiger partial charge < -0.3 is 4.89 Å². The molecule has 0 aromatic rings. The Balaban J connectivity index is 4.37. The van der Waals surface area contributed by atoms with E-state index in [9.17, 15) is 14.2 Å². The maximum Gasteiger partial charge on any atom is 0.471 e. The summed E-state index contributed by atoms with van der Waals surface area (Å²) in [6, 6.07) is 0. The monoisotopic (exact) mass is 330 g/mol. The number of phosphoric ester groups is 1. The van der Waals surface area contributed by atoms with Crippen LogP contribution >= 0.6 is 31.3 Å².